The number of anilines is 1. The highest BCUT2D eigenvalue weighted by atomic mass is 32.2. The molecule has 0 aromatic heterocycles. The molecule has 144 valence electrons. The van der Waals surface area contributed by atoms with E-state index in [-0.39, 0.29) is 10.5 Å². The van der Waals surface area contributed by atoms with Gasteiger partial charge in [-0.3, -0.25) is 4.79 Å². The van der Waals surface area contributed by atoms with Crippen LogP contribution in [0, 0.1) is 12.7 Å². The van der Waals surface area contributed by atoms with Gasteiger partial charge in [-0.25, -0.2) is 12.8 Å². The Bertz CT molecular complexity index is 936. The van der Waals surface area contributed by atoms with Crippen molar-refractivity contribution in [2.24, 2.45) is 0 Å². The first-order valence-electron chi connectivity index (χ1n) is 9.05. The van der Waals surface area contributed by atoms with Crippen LogP contribution in [0.2, 0.25) is 0 Å². The minimum Gasteiger partial charge on any atom is -0.322 e. The summed E-state index contributed by atoms with van der Waals surface area (Å²) in [6.07, 6.45) is 3.75. The van der Waals surface area contributed by atoms with Gasteiger partial charge in [0.05, 0.1) is 4.90 Å². The van der Waals surface area contributed by atoms with Crippen LogP contribution < -0.4 is 5.32 Å². The Morgan fingerprint density at radius 1 is 1.04 bits per heavy atom. The van der Waals surface area contributed by atoms with E-state index >= 15 is 0 Å². The van der Waals surface area contributed by atoms with Gasteiger partial charge in [-0.2, -0.15) is 4.31 Å². The van der Waals surface area contributed by atoms with Crippen molar-refractivity contribution in [3.8, 4) is 0 Å². The minimum absolute atomic E-state index is 0.105. The highest BCUT2D eigenvalue weighted by molar-refractivity contribution is 7.89. The van der Waals surface area contributed by atoms with Crippen LogP contribution >= 0.6 is 0 Å². The molecule has 0 bridgehead atoms. The van der Waals surface area contributed by atoms with E-state index < -0.39 is 21.7 Å². The summed E-state index contributed by atoms with van der Waals surface area (Å²) in [4.78, 5) is 12.7. The average Bonchev–Trinajstić information content (AvgIpc) is 2.95. The third kappa shape index (κ3) is 4.54. The summed E-state index contributed by atoms with van der Waals surface area (Å²) >= 11 is 0. The van der Waals surface area contributed by atoms with E-state index in [1.54, 1.807) is 25.1 Å². The Morgan fingerprint density at radius 3 is 2.44 bits per heavy atom. The zero-order valence-electron chi connectivity index (χ0n) is 15.2. The van der Waals surface area contributed by atoms with Gasteiger partial charge in [-0.15, -0.1) is 0 Å². The van der Waals surface area contributed by atoms with Crippen LogP contribution in [0.15, 0.2) is 47.4 Å². The monoisotopic (exact) mass is 390 g/mol. The fourth-order valence-electron chi connectivity index (χ4n) is 3.15. The largest absolute Gasteiger partial charge is 0.322 e. The lowest BCUT2D eigenvalue weighted by Crippen LogP contribution is -2.32. The van der Waals surface area contributed by atoms with Gasteiger partial charge in [0, 0.05) is 24.3 Å². The molecule has 1 heterocycles. The summed E-state index contributed by atoms with van der Waals surface area (Å²) in [7, 11) is -3.64. The number of carbonyl (C=O) groups excluding carboxylic acids is 1. The van der Waals surface area contributed by atoms with Gasteiger partial charge in [0.1, 0.15) is 5.82 Å². The molecule has 0 radical (unpaired) electrons. The smallest absolute Gasteiger partial charge is 0.255 e. The summed E-state index contributed by atoms with van der Waals surface area (Å²) in [6, 6.07) is 10.1. The maximum atomic E-state index is 13.4. The maximum absolute atomic E-state index is 13.4. The number of carbonyl (C=O) groups is 1. The molecule has 27 heavy (non-hydrogen) atoms. The second kappa shape index (κ2) is 8.19. The predicted molar refractivity (Wildman–Crippen MR) is 103 cm³/mol. The van der Waals surface area contributed by atoms with Crippen molar-refractivity contribution in [1.29, 1.82) is 0 Å². The van der Waals surface area contributed by atoms with Crippen LogP contribution in [0.25, 0.3) is 0 Å². The third-order valence-corrected chi connectivity index (χ3v) is 6.64. The molecule has 1 aliphatic rings. The van der Waals surface area contributed by atoms with E-state index in [1.807, 2.05) is 0 Å². The Hall–Kier alpha value is -2.25. The number of hydrogen-bond donors (Lipinski definition) is 1. The first kappa shape index (κ1) is 19.5. The lowest BCUT2D eigenvalue weighted by molar-refractivity contribution is 0.102. The number of nitrogens with zero attached hydrogens (tertiary/aromatic N) is 1. The summed E-state index contributed by atoms with van der Waals surface area (Å²) < 4.78 is 40.8. The third-order valence-electron chi connectivity index (χ3n) is 4.75. The molecule has 2 aromatic carbocycles. The molecule has 7 heteroatoms. The number of aryl methyl sites for hydroxylation is 1. The van der Waals surface area contributed by atoms with Crippen LogP contribution in [0.1, 0.15) is 41.6 Å². The summed E-state index contributed by atoms with van der Waals surface area (Å²) in [6.45, 7) is 2.76. The highest BCUT2D eigenvalue weighted by Crippen LogP contribution is 2.22. The molecule has 2 aromatic rings. The van der Waals surface area contributed by atoms with Crippen LogP contribution in [0.3, 0.4) is 0 Å². The van der Waals surface area contributed by atoms with Crippen LogP contribution in [0.4, 0.5) is 10.1 Å². The second-order valence-electron chi connectivity index (χ2n) is 6.76. The number of benzene rings is 2. The number of amides is 1. The molecule has 1 fully saturated rings. The number of sulfonamides is 1. The van der Waals surface area contributed by atoms with Crippen molar-refractivity contribution < 1.29 is 17.6 Å². The normalized spacial score (nSPS) is 15.9. The Kier molecular flexibility index (Phi) is 5.92. The molecule has 0 spiro atoms. The maximum Gasteiger partial charge on any atom is 0.255 e. The fourth-order valence-corrected chi connectivity index (χ4v) is 4.72. The van der Waals surface area contributed by atoms with Gasteiger partial charge < -0.3 is 5.32 Å². The standard InChI is InChI=1S/C20H23FN2O3S/c1-15-9-10-17(21)14-19(15)22-20(24)16-7-6-8-18(13-16)27(25,26)23-11-4-2-3-5-12-23/h6-10,13-14H,2-5,11-12H2,1H3,(H,22,24). The topological polar surface area (TPSA) is 66.5 Å². The highest BCUT2D eigenvalue weighted by Gasteiger charge is 2.25. The SMILES string of the molecule is Cc1ccc(F)cc1NC(=O)c1cccc(S(=O)(=O)N2CCCCCC2)c1. The first-order chi connectivity index (χ1) is 12.9. The van der Waals surface area contributed by atoms with Crippen molar-refractivity contribution in [1.82, 2.24) is 4.31 Å². The molecular weight excluding hydrogens is 367 g/mol. The van der Waals surface area contributed by atoms with Gasteiger partial charge in [0.15, 0.2) is 0 Å². The van der Waals surface area contributed by atoms with Gasteiger partial charge in [0.25, 0.3) is 5.91 Å². The minimum atomic E-state index is -3.64. The molecule has 0 saturated carbocycles. The molecule has 0 aliphatic carbocycles. The van der Waals surface area contributed by atoms with E-state index in [4.69, 9.17) is 0 Å². The first-order valence-corrected chi connectivity index (χ1v) is 10.5. The average molecular weight is 390 g/mol. The van der Waals surface area contributed by atoms with E-state index in [9.17, 15) is 17.6 Å². The van der Waals surface area contributed by atoms with Gasteiger partial charge >= 0.3 is 0 Å². The fraction of sp³-hybridized carbons (Fsp3) is 0.350. The number of halogens is 1. The van der Waals surface area contributed by atoms with Gasteiger partial charge in [-0.05, 0) is 55.7 Å². The number of nitrogens with one attached hydrogen (secondary N) is 1. The molecule has 0 unspecified atom stereocenters. The molecule has 1 amide bonds. The van der Waals surface area contributed by atoms with Crippen LogP contribution in [0.5, 0.6) is 0 Å². The van der Waals surface area contributed by atoms with Crippen LogP contribution in [-0.2, 0) is 10.0 Å². The summed E-state index contributed by atoms with van der Waals surface area (Å²) in [5.74, 6) is -0.926. The predicted octanol–water partition coefficient (Wildman–Crippen LogP) is 3.95. The number of hydrogen-bond acceptors (Lipinski definition) is 3. The molecule has 5 nitrogen and oxygen atoms in total. The molecule has 3 rings (SSSR count). The second-order valence-corrected chi connectivity index (χ2v) is 8.70. The van der Waals surface area contributed by atoms with Gasteiger partial charge in [0.2, 0.25) is 10.0 Å². The lowest BCUT2D eigenvalue weighted by Gasteiger charge is -2.20. The zero-order chi connectivity index (χ0) is 19.4. The summed E-state index contributed by atoms with van der Waals surface area (Å²) in [5, 5.41) is 2.65. The van der Waals surface area contributed by atoms with Gasteiger partial charge in [-0.1, -0.05) is 25.0 Å². The van der Waals surface area contributed by atoms with Crippen molar-refractivity contribution >= 4 is 21.6 Å². The zero-order valence-corrected chi connectivity index (χ0v) is 16.1. The van der Waals surface area contributed by atoms with Crippen molar-refractivity contribution in [3.63, 3.8) is 0 Å². The van der Waals surface area contributed by atoms with E-state index in [0.29, 0.717) is 18.8 Å². The van der Waals surface area contributed by atoms with Crippen molar-refractivity contribution in [2.45, 2.75) is 37.5 Å². The van der Waals surface area contributed by atoms with E-state index in [0.717, 1.165) is 31.2 Å². The van der Waals surface area contributed by atoms with E-state index in [2.05, 4.69) is 5.32 Å². The van der Waals surface area contributed by atoms with E-state index in [1.165, 1.54) is 28.6 Å². The molecule has 1 saturated heterocycles. The molecule has 0 atom stereocenters. The summed E-state index contributed by atoms with van der Waals surface area (Å²) in [5.41, 5.74) is 1.30. The lowest BCUT2D eigenvalue weighted by atomic mass is 10.1. The quantitative estimate of drug-likeness (QED) is 0.860. The van der Waals surface area contributed by atoms with Crippen molar-refractivity contribution in [3.05, 3.63) is 59.4 Å². The Balaban J connectivity index is 1.84. The van der Waals surface area contributed by atoms with Crippen LogP contribution in [-0.4, -0.2) is 31.7 Å². The number of rotatable bonds is 4. The Morgan fingerprint density at radius 2 is 1.74 bits per heavy atom. The molecular formula is C20H23FN2O3S. The van der Waals surface area contributed by atoms with Crippen molar-refractivity contribution in [2.75, 3.05) is 18.4 Å². The Labute approximate surface area is 159 Å². The molecule has 1 N–H and O–H groups in total. The molecule has 1 aliphatic heterocycles.